The van der Waals surface area contributed by atoms with Crippen LogP contribution in [0.2, 0.25) is 0 Å². The summed E-state index contributed by atoms with van der Waals surface area (Å²) in [7, 11) is 0. The van der Waals surface area contributed by atoms with Gasteiger partial charge in [-0.25, -0.2) is 4.79 Å². The highest BCUT2D eigenvalue weighted by atomic mass is 16.1. The molecule has 0 atom stereocenters. The molecule has 0 bridgehead atoms. The molecule has 13 rings (SSSR count). The van der Waals surface area contributed by atoms with Crippen LogP contribution in [0.15, 0.2) is 175 Å². The summed E-state index contributed by atoms with van der Waals surface area (Å²) in [5, 5.41) is 2.19. The highest BCUT2D eigenvalue weighted by Gasteiger charge is 2.36. The van der Waals surface area contributed by atoms with Crippen molar-refractivity contribution >= 4 is 101 Å². The van der Waals surface area contributed by atoms with Crippen LogP contribution < -0.4 is 38.5 Å². The van der Waals surface area contributed by atoms with Gasteiger partial charge in [-0.1, -0.05) is 144 Å². The van der Waals surface area contributed by atoms with E-state index in [9.17, 15) is 0 Å². The van der Waals surface area contributed by atoms with Crippen LogP contribution in [-0.4, -0.2) is 31.4 Å². The Labute approximate surface area is 309 Å². The van der Waals surface area contributed by atoms with Crippen molar-refractivity contribution in [3.63, 3.8) is 0 Å². The fourth-order valence-electron chi connectivity index (χ4n) is 10.3. The predicted octanol–water partition coefficient (Wildman–Crippen LogP) is 5.41. The summed E-state index contributed by atoms with van der Waals surface area (Å²) in [6.45, 7) is 0.0506. The second-order valence-electron chi connectivity index (χ2n) is 14.8. The zero-order chi connectivity index (χ0) is 35.2. The first-order valence-corrected chi connectivity index (χ1v) is 18.7. The molecule has 3 aromatic heterocycles. The fourth-order valence-corrected chi connectivity index (χ4v) is 10.3. The Morgan fingerprint density at radius 2 is 0.778 bits per heavy atom. The predicted molar refractivity (Wildman–Crippen MR) is 225 cm³/mol. The van der Waals surface area contributed by atoms with Gasteiger partial charge >= 0.3 is 5.69 Å². The van der Waals surface area contributed by atoms with Crippen molar-refractivity contribution in [2.45, 2.75) is 0 Å². The Morgan fingerprint density at radius 3 is 1.26 bits per heavy atom. The van der Waals surface area contributed by atoms with Crippen LogP contribution in [0.4, 0.5) is 0 Å². The van der Waals surface area contributed by atoms with Crippen molar-refractivity contribution in [3.05, 3.63) is 180 Å². The second-order valence-corrected chi connectivity index (χ2v) is 14.8. The minimum Gasteiger partial charge on any atom is -0.307 e. The summed E-state index contributed by atoms with van der Waals surface area (Å²) in [6, 6.07) is 61.0. The Bertz CT molecular complexity index is 3260. The maximum atomic E-state index is 15.7. The van der Waals surface area contributed by atoms with Gasteiger partial charge in [0.1, 0.15) is 0 Å². The lowest BCUT2D eigenvalue weighted by atomic mass is 9.35. The van der Waals surface area contributed by atoms with Gasteiger partial charge in [-0.3, -0.25) is 8.80 Å². The maximum absolute atomic E-state index is 15.7. The van der Waals surface area contributed by atoms with E-state index in [2.05, 4.69) is 179 Å². The minimum atomic E-state index is -0.0601. The SMILES string of the molecule is O=c1n2c3cccc4c3n(c3ccc5ccc6c(c5c32)n1c1cccc2c1n6-c1ccccc1B2c1ccccc1)-c1ccccc1B4c1ccccc1. The highest BCUT2D eigenvalue weighted by Crippen LogP contribution is 2.39. The van der Waals surface area contributed by atoms with Crippen LogP contribution in [0.1, 0.15) is 0 Å². The van der Waals surface area contributed by atoms with Gasteiger partial charge in [0.15, 0.2) is 0 Å². The lowest BCUT2D eigenvalue weighted by Gasteiger charge is -2.33. The van der Waals surface area contributed by atoms with E-state index in [4.69, 9.17) is 0 Å². The van der Waals surface area contributed by atoms with Gasteiger partial charge in [0, 0.05) is 16.8 Å². The first kappa shape index (κ1) is 28.6. The summed E-state index contributed by atoms with van der Waals surface area (Å²) >= 11 is 0. The molecular formula is C47H28B2N4O. The number of nitrogens with zero attached hydrogens (tertiary/aromatic N) is 4. The molecule has 54 heavy (non-hydrogen) atoms. The Balaban J connectivity index is 1.28. The highest BCUT2D eigenvalue weighted by molar-refractivity contribution is 6.98. The molecule has 0 fully saturated rings. The number of para-hydroxylation sites is 4. The molecule has 0 aliphatic carbocycles. The summed E-state index contributed by atoms with van der Waals surface area (Å²) in [4.78, 5) is 15.7. The van der Waals surface area contributed by atoms with Gasteiger partial charge in [-0.2, -0.15) is 0 Å². The quantitative estimate of drug-likeness (QED) is 0.136. The molecule has 0 spiro atoms. The zero-order valence-electron chi connectivity index (χ0n) is 29.0. The van der Waals surface area contributed by atoms with E-state index in [0.29, 0.717) is 0 Å². The van der Waals surface area contributed by atoms with E-state index in [1.165, 1.54) is 32.8 Å². The van der Waals surface area contributed by atoms with E-state index in [0.717, 1.165) is 66.3 Å². The number of hydrogen-bond donors (Lipinski definition) is 0. The number of fused-ring (bicyclic) bond motifs is 8. The third kappa shape index (κ3) is 3.36. The van der Waals surface area contributed by atoms with E-state index in [1.54, 1.807) is 0 Å². The van der Waals surface area contributed by atoms with Crippen LogP contribution in [0, 0.1) is 0 Å². The first-order chi connectivity index (χ1) is 26.8. The van der Waals surface area contributed by atoms with Crippen LogP contribution in [0.3, 0.4) is 0 Å². The number of rotatable bonds is 2. The van der Waals surface area contributed by atoms with Gasteiger partial charge in [-0.15, -0.1) is 0 Å². The molecule has 0 N–H and O–H groups in total. The van der Waals surface area contributed by atoms with Crippen LogP contribution >= 0.6 is 0 Å². The monoisotopic (exact) mass is 686 g/mol. The molecule has 8 aromatic carbocycles. The summed E-state index contributed by atoms with van der Waals surface area (Å²) in [5.41, 5.74) is 17.5. The summed E-state index contributed by atoms with van der Waals surface area (Å²) in [6.07, 6.45) is 0. The zero-order valence-corrected chi connectivity index (χ0v) is 29.0. The third-order valence-corrected chi connectivity index (χ3v) is 12.3. The molecule has 11 aromatic rings. The van der Waals surface area contributed by atoms with Gasteiger partial charge in [0.2, 0.25) is 13.4 Å². The smallest absolute Gasteiger partial charge is 0.307 e. The minimum absolute atomic E-state index is 0.0253. The normalized spacial score (nSPS) is 13.2. The summed E-state index contributed by atoms with van der Waals surface area (Å²) < 4.78 is 8.87. The number of benzene rings is 8. The second kappa shape index (κ2) is 10.1. The van der Waals surface area contributed by atoms with Crippen molar-refractivity contribution in [1.29, 1.82) is 0 Å². The molecular weight excluding hydrogens is 658 g/mol. The fraction of sp³-hybridized carbons (Fsp3) is 0. The van der Waals surface area contributed by atoms with Crippen molar-refractivity contribution < 1.29 is 0 Å². The van der Waals surface area contributed by atoms with Crippen LogP contribution in [0.25, 0.3) is 66.3 Å². The molecule has 5 heterocycles. The molecule has 0 unspecified atom stereocenters. The Morgan fingerprint density at radius 1 is 0.352 bits per heavy atom. The van der Waals surface area contributed by atoms with Crippen molar-refractivity contribution in [2.75, 3.05) is 0 Å². The standard InChI is InChI=1S/C47H28B2N4O/c54-47-52-38-23-11-19-34-43(38)50(36-21-9-7-17-32(36)48(34)30-13-3-1-4-14-30)40-27-25-29-26-28-41-46(42(29)45(40)52)53(47)39-24-12-20-35-44(39)51(41)37-22-10-8-18-33(37)49(35)31-15-5-2-6-16-31/h1-28H. The number of hydrogen-bond acceptors (Lipinski definition) is 1. The average molecular weight is 686 g/mol. The van der Waals surface area contributed by atoms with Crippen molar-refractivity contribution in [2.24, 2.45) is 0 Å². The topological polar surface area (TPSA) is 35.8 Å². The Kier molecular flexibility index (Phi) is 5.36. The van der Waals surface area contributed by atoms with Crippen molar-refractivity contribution in [1.82, 2.24) is 17.9 Å². The van der Waals surface area contributed by atoms with E-state index >= 15 is 4.79 Å². The average Bonchev–Trinajstić information content (AvgIpc) is 3.23. The van der Waals surface area contributed by atoms with Crippen LogP contribution in [-0.2, 0) is 0 Å². The maximum Gasteiger partial charge on any atom is 0.338 e. The van der Waals surface area contributed by atoms with Gasteiger partial charge in [0.05, 0.1) is 44.1 Å². The molecule has 0 amide bonds. The molecule has 2 aliphatic heterocycles. The van der Waals surface area contributed by atoms with Gasteiger partial charge in [-0.05, 0) is 63.6 Å². The van der Waals surface area contributed by atoms with E-state index < -0.39 is 0 Å². The van der Waals surface area contributed by atoms with Gasteiger partial charge in [0.25, 0.3) is 0 Å². The van der Waals surface area contributed by atoms with E-state index in [1.807, 2.05) is 8.80 Å². The molecule has 0 radical (unpaired) electrons. The summed E-state index contributed by atoms with van der Waals surface area (Å²) in [5.74, 6) is 0. The first-order valence-electron chi connectivity index (χ1n) is 18.7. The van der Waals surface area contributed by atoms with E-state index in [-0.39, 0.29) is 19.1 Å². The van der Waals surface area contributed by atoms with Crippen molar-refractivity contribution in [3.8, 4) is 11.4 Å². The largest absolute Gasteiger partial charge is 0.338 e. The molecule has 7 heteroatoms. The molecule has 5 nitrogen and oxygen atoms in total. The number of aromatic nitrogens is 4. The molecule has 0 saturated carbocycles. The lowest BCUT2D eigenvalue weighted by Crippen LogP contribution is -2.56. The Hall–Kier alpha value is -6.98. The molecule has 0 saturated heterocycles. The molecule has 2 aliphatic rings. The van der Waals surface area contributed by atoms with Crippen LogP contribution in [0.5, 0.6) is 0 Å². The lowest BCUT2D eigenvalue weighted by molar-refractivity contribution is 0.976. The molecule has 248 valence electrons. The third-order valence-electron chi connectivity index (χ3n) is 12.3. The van der Waals surface area contributed by atoms with Gasteiger partial charge < -0.3 is 9.13 Å².